The van der Waals surface area contributed by atoms with E-state index in [4.69, 9.17) is 0 Å². The van der Waals surface area contributed by atoms with Gasteiger partial charge in [-0.3, -0.25) is 0 Å². The minimum Gasteiger partial charge on any atom is -0.744 e. The van der Waals surface area contributed by atoms with Crippen LogP contribution in [0.4, 0.5) is 34.1 Å². The molecule has 0 atom stereocenters. The zero-order valence-electron chi connectivity index (χ0n) is 28.5. The second-order valence-electron chi connectivity index (χ2n) is 11.4. The van der Waals surface area contributed by atoms with E-state index in [0.717, 1.165) is 12.1 Å². The monoisotopic (exact) mass is 814 g/mol. The number of benzene rings is 6. The Labute approximate surface area is 341 Å². The molecule has 0 heterocycles. The number of hydrogen-bond acceptors (Lipinski definition) is 14. The summed E-state index contributed by atoms with van der Waals surface area (Å²) in [5.41, 5.74) is 1.00. The zero-order chi connectivity index (χ0) is 39.5. The van der Waals surface area contributed by atoms with Crippen LogP contribution in [-0.4, -0.2) is 94.2 Å². The molecule has 0 bridgehead atoms. The topological polar surface area (TPSA) is 285 Å². The van der Waals surface area contributed by atoms with Gasteiger partial charge < -0.3 is 19.3 Å². The zero-order valence-corrected chi connectivity index (χ0v) is 32.3. The molecular weight excluding hydrogens is 789 g/mol. The van der Waals surface area contributed by atoms with E-state index in [2.05, 4.69) is 20.5 Å². The first-order valence-electron chi connectivity index (χ1n) is 15.1. The fourth-order valence-electron chi connectivity index (χ4n) is 5.20. The normalized spacial score (nSPS) is 11.7. The molecule has 6 aromatic carbocycles. The number of phenols is 2. The molecule has 21 heteroatoms. The van der Waals surface area contributed by atoms with Gasteiger partial charge in [0.1, 0.15) is 43.1 Å². The molecule has 0 amide bonds. The van der Waals surface area contributed by atoms with Crippen LogP contribution in [0, 0.1) is 23.7 Å². The summed E-state index contributed by atoms with van der Waals surface area (Å²) < 4.78 is 68.7. The molecule has 0 aliphatic carbocycles. The van der Waals surface area contributed by atoms with Crippen molar-refractivity contribution in [3.8, 4) is 11.5 Å². The van der Waals surface area contributed by atoms with Crippen LogP contribution in [0.15, 0.2) is 127 Å². The molecule has 55 heavy (non-hydrogen) atoms. The molecule has 0 saturated heterocycles. The van der Waals surface area contributed by atoms with Gasteiger partial charge in [0.05, 0.1) is 19.6 Å². The van der Waals surface area contributed by atoms with E-state index < -0.39 is 41.5 Å². The maximum absolute atomic E-state index is 11.5. The Morgan fingerprint density at radius 3 is 1.16 bits per heavy atom. The van der Waals surface area contributed by atoms with Gasteiger partial charge in [-0.2, -0.15) is 0 Å². The molecule has 6 aromatic rings. The molecule has 0 radical (unpaired) electrons. The van der Waals surface area contributed by atoms with Crippen LogP contribution in [0.1, 0.15) is 11.1 Å². The second-order valence-corrected chi connectivity index (χ2v) is 14.1. The van der Waals surface area contributed by atoms with Gasteiger partial charge in [-0.15, -0.1) is 20.5 Å². The summed E-state index contributed by atoms with van der Waals surface area (Å²) in [6, 6.07) is 22.6. The van der Waals surface area contributed by atoms with Crippen LogP contribution in [0.2, 0.25) is 0 Å². The average Bonchev–Trinajstić information content (AvgIpc) is 3.10. The number of hydrogen-bond donors (Lipinski definition) is 4. The minimum atomic E-state index is -4.82. The van der Waals surface area contributed by atoms with E-state index in [1.165, 1.54) is 60.7 Å². The van der Waals surface area contributed by atoms with Crippen molar-refractivity contribution in [2.75, 3.05) is 0 Å². The Balaban J connectivity index is 0.000000240. The number of aryl methyl sites for hydroxylation is 2. The van der Waals surface area contributed by atoms with Gasteiger partial charge in [0.25, 0.3) is 9.85 Å². The SMILES string of the molecule is Cc1ccc(N=Nc2c(O)cc(S(=O)(=O)[O-])c3ccccc23)c([N+](=O)O)c1.Cc1ccc(N=Nc2c(O)cc(S(=O)(=O)[O-])c3ccccc23)c([N+](=O)O)c1.[Ca+2]. The summed E-state index contributed by atoms with van der Waals surface area (Å²) in [5.74, 6) is -1.13. The number of azo groups is 2. The molecule has 276 valence electrons. The molecule has 0 aromatic heterocycles. The largest absolute Gasteiger partial charge is 2.00 e. The Morgan fingerprint density at radius 2 is 0.855 bits per heavy atom. The van der Waals surface area contributed by atoms with Crippen LogP contribution in [0.3, 0.4) is 0 Å². The van der Waals surface area contributed by atoms with E-state index >= 15 is 0 Å². The summed E-state index contributed by atoms with van der Waals surface area (Å²) in [6.07, 6.45) is 0. The molecule has 0 aliphatic rings. The first-order chi connectivity index (χ1) is 25.4. The fourth-order valence-corrected chi connectivity index (χ4v) is 6.61. The third-order valence-electron chi connectivity index (χ3n) is 7.64. The number of aromatic hydroxyl groups is 2. The van der Waals surface area contributed by atoms with Crippen molar-refractivity contribution in [2.24, 2.45) is 20.5 Å². The van der Waals surface area contributed by atoms with E-state index in [1.807, 2.05) is 0 Å². The number of phenolic OH excluding ortho intramolecular Hbond substituents is 2. The summed E-state index contributed by atoms with van der Waals surface area (Å²) in [5, 5.41) is 54.8. The summed E-state index contributed by atoms with van der Waals surface area (Å²) in [7, 11) is -9.64. The van der Waals surface area contributed by atoms with Crippen LogP contribution in [-0.2, 0) is 20.2 Å². The van der Waals surface area contributed by atoms with E-state index in [-0.39, 0.29) is 103 Å². The van der Waals surface area contributed by atoms with Gasteiger partial charge in [-0.1, -0.05) is 60.7 Å². The molecule has 0 unspecified atom stereocenters. The summed E-state index contributed by atoms with van der Waals surface area (Å²) in [4.78, 5) is 20.7. The van der Waals surface area contributed by atoms with Crippen molar-refractivity contribution in [1.29, 1.82) is 0 Å². The van der Waals surface area contributed by atoms with Crippen molar-refractivity contribution < 1.29 is 56.4 Å². The predicted molar refractivity (Wildman–Crippen MR) is 194 cm³/mol. The average molecular weight is 815 g/mol. The van der Waals surface area contributed by atoms with Gasteiger partial charge in [0, 0.05) is 45.8 Å². The molecule has 0 aliphatic heterocycles. The van der Waals surface area contributed by atoms with Crippen LogP contribution < -0.4 is 0 Å². The number of nitrogens with zero attached hydrogens (tertiary/aromatic N) is 6. The van der Waals surface area contributed by atoms with Crippen molar-refractivity contribution >= 4 is 114 Å². The molecule has 0 fully saturated rings. The van der Waals surface area contributed by atoms with Gasteiger partial charge in [0.15, 0.2) is 11.4 Å². The standard InChI is InChI=1S/2C17H13N3O6S.Ca/c2*1-10-6-7-13(14(8-10)20(22)23)18-19-17-12-5-3-2-4-11(12)16(9-15(17)21)27(24,25)26;/h2*2-9H,1H3,(H2-,18,21,22,23,24,25,26);/q;;+2. The Kier molecular flexibility index (Phi) is 13.0. The maximum atomic E-state index is 11.5. The first kappa shape index (κ1) is 42.3. The van der Waals surface area contributed by atoms with Crippen LogP contribution in [0.25, 0.3) is 21.5 Å². The molecular formula is C34H26CaN6O12S2+2. The molecule has 6 rings (SSSR count). The molecule has 4 N–H and O–H groups in total. The summed E-state index contributed by atoms with van der Waals surface area (Å²) >= 11 is 0. The molecule has 0 saturated carbocycles. The predicted octanol–water partition coefficient (Wildman–Crippen LogP) is 7.57. The Hall–Kier alpha value is -5.48. The Morgan fingerprint density at radius 1 is 0.527 bits per heavy atom. The fraction of sp³-hybridized carbons (Fsp3) is 0.0588. The van der Waals surface area contributed by atoms with Crippen molar-refractivity contribution in [2.45, 2.75) is 23.6 Å². The second kappa shape index (κ2) is 16.9. The van der Waals surface area contributed by atoms with E-state index in [0.29, 0.717) is 11.1 Å². The summed E-state index contributed by atoms with van der Waals surface area (Å²) in [6.45, 7) is 3.44. The van der Waals surface area contributed by atoms with Gasteiger partial charge >= 0.3 is 49.1 Å². The Bertz CT molecular complexity index is 2610. The first-order valence-corrected chi connectivity index (χ1v) is 18.0. The van der Waals surface area contributed by atoms with E-state index in [9.17, 15) is 56.4 Å². The quantitative estimate of drug-likeness (QED) is 0.0501. The van der Waals surface area contributed by atoms with Gasteiger partial charge in [-0.05, 0) is 37.1 Å². The van der Waals surface area contributed by atoms with Crippen LogP contribution in [0.5, 0.6) is 11.5 Å². The van der Waals surface area contributed by atoms with E-state index in [1.54, 1.807) is 38.1 Å². The third-order valence-corrected chi connectivity index (χ3v) is 9.40. The van der Waals surface area contributed by atoms with Gasteiger partial charge in [0.2, 0.25) is 0 Å². The molecule has 0 spiro atoms. The maximum Gasteiger partial charge on any atom is 2.00 e. The minimum absolute atomic E-state index is 0. The van der Waals surface area contributed by atoms with Crippen LogP contribution >= 0.6 is 0 Å². The number of rotatable bonds is 8. The molecule has 18 nitrogen and oxygen atoms in total. The van der Waals surface area contributed by atoms with Crippen molar-refractivity contribution in [3.05, 3.63) is 118 Å². The number of fused-ring (bicyclic) bond motifs is 2. The van der Waals surface area contributed by atoms with Gasteiger partial charge in [-0.25, -0.2) is 27.3 Å². The van der Waals surface area contributed by atoms with Crippen molar-refractivity contribution in [3.63, 3.8) is 0 Å². The van der Waals surface area contributed by atoms with Crippen molar-refractivity contribution in [1.82, 2.24) is 0 Å². The smallest absolute Gasteiger partial charge is 0.744 e. The third kappa shape index (κ3) is 9.61.